The SMILES string of the molecule is O=C(O)[C@H]1CCc2cc(-n3cnnn3)ncc21. The zero-order chi connectivity index (χ0) is 11.8. The molecule has 2 aromatic heterocycles. The fourth-order valence-electron chi connectivity index (χ4n) is 2.13. The summed E-state index contributed by atoms with van der Waals surface area (Å²) in [6.07, 6.45) is 4.45. The van der Waals surface area contributed by atoms with E-state index in [0.717, 1.165) is 17.5 Å². The van der Waals surface area contributed by atoms with Gasteiger partial charge in [0, 0.05) is 6.20 Å². The summed E-state index contributed by atoms with van der Waals surface area (Å²) in [4.78, 5) is 15.2. The molecule has 0 saturated carbocycles. The predicted molar refractivity (Wildman–Crippen MR) is 55.6 cm³/mol. The van der Waals surface area contributed by atoms with Crippen molar-refractivity contribution in [2.75, 3.05) is 0 Å². The normalized spacial score (nSPS) is 18.0. The van der Waals surface area contributed by atoms with E-state index in [4.69, 9.17) is 5.11 Å². The molecule has 86 valence electrons. The summed E-state index contributed by atoms with van der Waals surface area (Å²) in [7, 11) is 0. The number of tetrazole rings is 1. The zero-order valence-corrected chi connectivity index (χ0v) is 8.82. The maximum absolute atomic E-state index is 11.0. The van der Waals surface area contributed by atoms with Gasteiger partial charge < -0.3 is 5.11 Å². The highest BCUT2D eigenvalue weighted by Gasteiger charge is 2.29. The van der Waals surface area contributed by atoms with Crippen molar-refractivity contribution in [3.05, 3.63) is 29.7 Å². The molecular formula is C10H9N5O2. The van der Waals surface area contributed by atoms with E-state index in [1.54, 1.807) is 6.20 Å². The molecule has 17 heavy (non-hydrogen) atoms. The van der Waals surface area contributed by atoms with Crippen molar-refractivity contribution in [1.82, 2.24) is 25.2 Å². The van der Waals surface area contributed by atoms with Crippen LogP contribution in [-0.4, -0.2) is 36.3 Å². The van der Waals surface area contributed by atoms with Crippen molar-refractivity contribution in [3.63, 3.8) is 0 Å². The Morgan fingerprint density at radius 2 is 2.41 bits per heavy atom. The van der Waals surface area contributed by atoms with E-state index in [1.807, 2.05) is 6.07 Å². The van der Waals surface area contributed by atoms with E-state index >= 15 is 0 Å². The minimum Gasteiger partial charge on any atom is -0.481 e. The lowest BCUT2D eigenvalue weighted by molar-refractivity contribution is -0.138. The van der Waals surface area contributed by atoms with Crippen molar-refractivity contribution in [2.45, 2.75) is 18.8 Å². The zero-order valence-electron chi connectivity index (χ0n) is 8.82. The highest BCUT2D eigenvalue weighted by Crippen LogP contribution is 2.33. The van der Waals surface area contributed by atoms with Crippen LogP contribution in [0.5, 0.6) is 0 Å². The molecule has 0 spiro atoms. The van der Waals surface area contributed by atoms with E-state index < -0.39 is 11.9 Å². The fourth-order valence-corrected chi connectivity index (χ4v) is 2.13. The number of rotatable bonds is 2. The summed E-state index contributed by atoms with van der Waals surface area (Å²) in [6, 6.07) is 1.84. The highest BCUT2D eigenvalue weighted by molar-refractivity contribution is 5.77. The highest BCUT2D eigenvalue weighted by atomic mass is 16.4. The Bertz CT molecular complexity index is 566. The summed E-state index contributed by atoms with van der Waals surface area (Å²) in [5.41, 5.74) is 1.81. The van der Waals surface area contributed by atoms with Crippen LogP contribution in [0.15, 0.2) is 18.6 Å². The Morgan fingerprint density at radius 3 is 3.12 bits per heavy atom. The van der Waals surface area contributed by atoms with Crippen LogP contribution in [0.3, 0.4) is 0 Å². The van der Waals surface area contributed by atoms with Gasteiger partial charge in [-0.3, -0.25) is 4.79 Å². The van der Waals surface area contributed by atoms with Gasteiger partial charge in [-0.2, -0.15) is 4.68 Å². The number of hydrogen-bond acceptors (Lipinski definition) is 5. The lowest BCUT2D eigenvalue weighted by Gasteiger charge is -2.06. The smallest absolute Gasteiger partial charge is 0.311 e. The number of aryl methyl sites for hydroxylation is 1. The summed E-state index contributed by atoms with van der Waals surface area (Å²) >= 11 is 0. The Balaban J connectivity index is 2.02. The van der Waals surface area contributed by atoms with Crippen LogP contribution in [0.25, 0.3) is 5.82 Å². The Hall–Kier alpha value is -2.31. The van der Waals surface area contributed by atoms with E-state index in [0.29, 0.717) is 12.2 Å². The Labute approximate surface area is 96.1 Å². The molecule has 0 amide bonds. The van der Waals surface area contributed by atoms with E-state index in [2.05, 4.69) is 20.5 Å². The summed E-state index contributed by atoms with van der Waals surface area (Å²) in [5.74, 6) is -0.610. The molecule has 0 bridgehead atoms. The minimum absolute atomic E-state index is 0.430. The number of aliphatic carboxylic acids is 1. The maximum Gasteiger partial charge on any atom is 0.311 e. The molecule has 1 atom stereocenters. The summed E-state index contributed by atoms with van der Waals surface area (Å²) in [5, 5.41) is 19.9. The van der Waals surface area contributed by atoms with E-state index in [9.17, 15) is 4.79 Å². The number of pyridine rings is 1. The van der Waals surface area contributed by atoms with Gasteiger partial charge in [0.25, 0.3) is 0 Å². The predicted octanol–water partition coefficient (Wildman–Crippen LogP) is 0.172. The first-order valence-corrected chi connectivity index (χ1v) is 5.20. The molecule has 0 aliphatic heterocycles. The van der Waals surface area contributed by atoms with Crippen LogP contribution in [0.2, 0.25) is 0 Å². The molecule has 0 aromatic carbocycles. The Kier molecular flexibility index (Phi) is 2.10. The van der Waals surface area contributed by atoms with Gasteiger partial charge in [-0.05, 0) is 40.5 Å². The largest absolute Gasteiger partial charge is 0.481 e. The second-order valence-electron chi connectivity index (χ2n) is 3.93. The second-order valence-corrected chi connectivity index (χ2v) is 3.93. The van der Waals surface area contributed by atoms with Crippen LogP contribution in [-0.2, 0) is 11.2 Å². The first-order chi connectivity index (χ1) is 8.25. The average molecular weight is 231 g/mol. The minimum atomic E-state index is -0.791. The number of carboxylic acid groups (broad SMARTS) is 1. The number of carboxylic acids is 1. The van der Waals surface area contributed by atoms with Crippen molar-refractivity contribution in [3.8, 4) is 5.82 Å². The van der Waals surface area contributed by atoms with Crippen molar-refractivity contribution in [1.29, 1.82) is 0 Å². The van der Waals surface area contributed by atoms with Crippen LogP contribution < -0.4 is 0 Å². The number of fused-ring (bicyclic) bond motifs is 1. The topological polar surface area (TPSA) is 93.8 Å². The third-order valence-corrected chi connectivity index (χ3v) is 2.97. The molecule has 0 unspecified atom stereocenters. The van der Waals surface area contributed by atoms with Crippen LogP contribution in [0, 0.1) is 0 Å². The lowest BCUT2D eigenvalue weighted by atomic mass is 10.0. The second kappa shape index (κ2) is 3.62. The Morgan fingerprint density at radius 1 is 1.53 bits per heavy atom. The molecular weight excluding hydrogens is 222 g/mol. The number of nitrogens with zero attached hydrogens (tertiary/aromatic N) is 5. The number of carbonyl (C=O) groups is 1. The number of hydrogen-bond donors (Lipinski definition) is 1. The van der Waals surface area contributed by atoms with Gasteiger partial charge in [0.2, 0.25) is 0 Å². The standard InChI is InChI=1S/C10H9N5O2/c16-10(17)7-2-1-6-3-9(11-4-8(6)7)15-5-12-13-14-15/h3-5,7H,1-2H2,(H,16,17)/t7-/m0/s1. The molecule has 7 heteroatoms. The third kappa shape index (κ3) is 1.55. The summed E-state index contributed by atoms with van der Waals surface area (Å²) < 4.78 is 1.45. The van der Waals surface area contributed by atoms with Gasteiger partial charge in [-0.1, -0.05) is 0 Å². The van der Waals surface area contributed by atoms with Crippen molar-refractivity contribution >= 4 is 5.97 Å². The molecule has 0 saturated heterocycles. The van der Waals surface area contributed by atoms with Gasteiger partial charge in [0.1, 0.15) is 6.33 Å². The van der Waals surface area contributed by atoms with Crippen molar-refractivity contribution in [2.24, 2.45) is 0 Å². The number of aromatic nitrogens is 5. The van der Waals surface area contributed by atoms with E-state index in [1.165, 1.54) is 11.0 Å². The summed E-state index contributed by atoms with van der Waals surface area (Å²) in [6.45, 7) is 0. The van der Waals surface area contributed by atoms with Gasteiger partial charge in [0.15, 0.2) is 5.82 Å². The molecule has 1 N–H and O–H groups in total. The van der Waals surface area contributed by atoms with Gasteiger partial charge >= 0.3 is 5.97 Å². The molecule has 2 aromatic rings. The van der Waals surface area contributed by atoms with Crippen molar-refractivity contribution < 1.29 is 9.90 Å². The third-order valence-electron chi connectivity index (χ3n) is 2.97. The average Bonchev–Trinajstić information content (AvgIpc) is 2.97. The fraction of sp³-hybridized carbons (Fsp3) is 0.300. The molecule has 3 rings (SSSR count). The molecule has 1 aliphatic carbocycles. The monoisotopic (exact) mass is 231 g/mol. The van der Waals surface area contributed by atoms with E-state index in [-0.39, 0.29) is 0 Å². The van der Waals surface area contributed by atoms with Gasteiger partial charge in [0.05, 0.1) is 5.92 Å². The van der Waals surface area contributed by atoms with Crippen LogP contribution >= 0.6 is 0 Å². The first-order valence-electron chi connectivity index (χ1n) is 5.20. The van der Waals surface area contributed by atoms with Gasteiger partial charge in [-0.25, -0.2) is 4.98 Å². The molecule has 7 nitrogen and oxygen atoms in total. The van der Waals surface area contributed by atoms with Crippen LogP contribution in [0.1, 0.15) is 23.5 Å². The maximum atomic E-state index is 11.0. The van der Waals surface area contributed by atoms with Gasteiger partial charge in [-0.15, -0.1) is 5.10 Å². The molecule has 2 heterocycles. The quantitative estimate of drug-likeness (QED) is 0.791. The molecule has 1 aliphatic rings. The molecule has 0 fully saturated rings. The molecule has 0 radical (unpaired) electrons. The lowest BCUT2D eigenvalue weighted by Crippen LogP contribution is -2.08. The first kappa shape index (κ1) is 9.88. The van der Waals surface area contributed by atoms with Crippen LogP contribution in [0.4, 0.5) is 0 Å².